The molecule has 20 heavy (non-hydrogen) atoms. The number of hydrogen-bond acceptors (Lipinski definition) is 3. The summed E-state index contributed by atoms with van der Waals surface area (Å²) >= 11 is 0. The van der Waals surface area contributed by atoms with Crippen molar-refractivity contribution in [3.05, 3.63) is 64.7 Å². The van der Waals surface area contributed by atoms with E-state index in [2.05, 4.69) is 19.0 Å². The molecule has 4 nitrogen and oxygen atoms in total. The number of nitrogens with two attached hydrogens (primary N) is 1. The van der Waals surface area contributed by atoms with Crippen LogP contribution in [0.15, 0.2) is 47.6 Å². The molecule has 4 heteroatoms. The van der Waals surface area contributed by atoms with Crippen molar-refractivity contribution in [2.45, 2.75) is 20.5 Å². The van der Waals surface area contributed by atoms with E-state index in [4.69, 9.17) is 15.7 Å². The van der Waals surface area contributed by atoms with E-state index in [1.807, 2.05) is 36.4 Å². The van der Waals surface area contributed by atoms with E-state index in [9.17, 15) is 0 Å². The Morgan fingerprint density at radius 1 is 1.15 bits per heavy atom. The summed E-state index contributed by atoms with van der Waals surface area (Å²) in [6.45, 7) is 4.57. The molecule has 0 heterocycles. The number of aryl methyl sites for hydroxylation is 2. The molecule has 0 unspecified atom stereocenters. The predicted molar refractivity (Wildman–Crippen MR) is 79.2 cm³/mol. The fraction of sp³-hybridized carbons (Fsp3) is 0.188. The molecule has 0 saturated heterocycles. The van der Waals surface area contributed by atoms with Crippen LogP contribution in [-0.4, -0.2) is 11.0 Å². The quantitative estimate of drug-likeness (QED) is 0.388. The van der Waals surface area contributed by atoms with Gasteiger partial charge in [0.15, 0.2) is 5.84 Å². The van der Waals surface area contributed by atoms with Gasteiger partial charge in [0.05, 0.1) is 0 Å². The lowest BCUT2D eigenvalue weighted by Crippen LogP contribution is -2.13. The van der Waals surface area contributed by atoms with Gasteiger partial charge in [-0.3, -0.25) is 0 Å². The molecular formula is C16H18N2O2. The molecule has 0 saturated carbocycles. The van der Waals surface area contributed by atoms with Gasteiger partial charge in [-0.05, 0) is 48.7 Å². The summed E-state index contributed by atoms with van der Waals surface area (Å²) in [5, 5.41) is 11.7. The monoisotopic (exact) mass is 270 g/mol. The lowest BCUT2D eigenvalue weighted by molar-refractivity contribution is 0.306. The van der Waals surface area contributed by atoms with Crippen LogP contribution in [0, 0.1) is 13.8 Å². The number of benzene rings is 2. The Kier molecular flexibility index (Phi) is 4.25. The molecule has 0 bridgehead atoms. The third kappa shape index (κ3) is 3.29. The molecule has 104 valence electrons. The number of rotatable bonds is 4. The van der Waals surface area contributed by atoms with Crippen LogP contribution in [-0.2, 0) is 6.61 Å². The Bertz CT molecular complexity index is 636. The zero-order chi connectivity index (χ0) is 14.5. The van der Waals surface area contributed by atoms with Gasteiger partial charge in [-0.15, -0.1) is 0 Å². The molecule has 0 radical (unpaired) electrons. The first kappa shape index (κ1) is 13.9. The van der Waals surface area contributed by atoms with Crippen LogP contribution in [0.1, 0.15) is 22.3 Å². The van der Waals surface area contributed by atoms with Crippen molar-refractivity contribution in [2.75, 3.05) is 0 Å². The summed E-state index contributed by atoms with van der Waals surface area (Å²) in [6, 6.07) is 13.4. The molecule has 0 aromatic heterocycles. The lowest BCUT2D eigenvalue weighted by atomic mass is 10.1. The Morgan fingerprint density at radius 2 is 1.95 bits per heavy atom. The highest BCUT2D eigenvalue weighted by molar-refractivity contribution is 5.97. The normalized spacial score (nSPS) is 11.4. The van der Waals surface area contributed by atoms with E-state index in [1.165, 1.54) is 11.1 Å². The maximum Gasteiger partial charge on any atom is 0.170 e. The predicted octanol–water partition coefficient (Wildman–Crippen LogP) is 2.98. The maximum atomic E-state index is 8.68. The van der Waals surface area contributed by atoms with Crippen LogP contribution >= 0.6 is 0 Å². The number of hydrogen-bond donors (Lipinski definition) is 2. The fourth-order valence-corrected chi connectivity index (χ4v) is 1.85. The largest absolute Gasteiger partial charge is 0.489 e. The molecule has 3 N–H and O–H groups in total. The van der Waals surface area contributed by atoms with Crippen LogP contribution in [0.2, 0.25) is 0 Å². The topological polar surface area (TPSA) is 67.8 Å². The zero-order valence-corrected chi connectivity index (χ0v) is 11.6. The highest BCUT2D eigenvalue weighted by Crippen LogP contribution is 2.18. The van der Waals surface area contributed by atoms with Crippen molar-refractivity contribution in [1.82, 2.24) is 0 Å². The smallest absolute Gasteiger partial charge is 0.170 e. The molecule has 0 fully saturated rings. The Balaban J connectivity index is 2.09. The van der Waals surface area contributed by atoms with E-state index in [-0.39, 0.29) is 5.84 Å². The molecule has 2 aromatic carbocycles. The molecule has 0 atom stereocenters. The third-order valence-corrected chi connectivity index (χ3v) is 3.21. The van der Waals surface area contributed by atoms with Crippen LogP contribution in [0.5, 0.6) is 5.75 Å². The van der Waals surface area contributed by atoms with E-state index < -0.39 is 0 Å². The maximum absolute atomic E-state index is 8.68. The average molecular weight is 270 g/mol. The van der Waals surface area contributed by atoms with Crippen molar-refractivity contribution in [3.8, 4) is 5.75 Å². The summed E-state index contributed by atoms with van der Waals surface area (Å²) in [4.78, 5) is 0. The number of nitrogens with zero attached hydrogens (tertiary/aromatic N) is 1. The van der Waals surface area contributed by atoms with Crippen LogP contribution < -0.4 is 10.5 Å². The molecule has 0 spiro atoms. The van der Waals surface area contributed by atoms with Crippen LogP contribution in [0.3, 0.4) is 0 Å². The van der Waals surface area contributed by atoms with Crippen molar-refractivity contribution >= 4 is 5.84 Å². The van der Waals surface area contributed by atoms with E-state index in [0.29, 0.717) is 12.2 Å². The van der Waals surface area contributed by atoms with Crippen LogP contribution in [0.25, 0.3) is 0 Å². The Labute approximate surface area is 118 Å². The highest BCUT2D eigenvalue weighted by atomic mass is 16.5. The highest BCUT2D eigenvalue weighted by Gasteiger charge is 2.02. The van der Waals surface area contributed by atoms with Crippen molar-refractivity contribution in [2.24, 2.45) is 10.9 Å². The second-order valence-electron chi connectivity index (χ2n) is 4.72. The second kappa shape index (κ2) is 6.10. The summed E-state index contributed by atoms with van der Waals surface area (Å²) in [7, 11) is 0. The lowest BCUT2D eigenvalue weighted by Gasteiger charge is -2.09. The summed E-state index contributed by atoms with van der Waals surface area (Å²) in [5.41, 5.74) is 9.65. The SMILES string of the molecule is Cc1ccc(OCc2cccc(/C(N)=N/O)c2)cc1C. The zero-order valence-electron chi connectivity index (χ0n) is 11.6. The van der Waals surface area contributed by atoms with Gasteiger partial charge in [0.1, 0.15) is 12.4 Å². The van der Waals surface area contributed by atoms with Crippen LogP contribution in [0.4, 0.5) is 0 Å². The number of amidine groups is 1. The van der Waals surface area contributed by atoms with Gasteiger partial charge in [-0.2, -0.15) is 0 Å². The molecule has 0 aliphatic carbocycles. The van der Waals surface area contributed by atoms with Crippen molar-refractivity contribution in [3.63, 3.8) is 0 Å². The van der Waals surface area contributed by atoms with E-state index in [1.54, 1.807) is 6.07 Å². The van der Waals surface area contributed by atoms with Gasteiger partial charge in [0.25, 0.3) is 0 Å². The minimum absolute atomic E-state index is 0.0954. The van der Waals surface area contributed by atoms with Crippen molar-refractivity contribution in [1.29, 1.82) is 0 Å². The van der Waals surface area contributed by atoms with Gasteiger partial charge in [0, 0.05) is 5.56 Å². The van der Waals surface area contributed by atoms with Gasteiger partial charge in [0.2, 0.25) is 0 Å². The molecular weight excluding hydrogens is 252 g/mol. The van der Waals surface area contributed by atoms with E-state index >= 15 is 0 Å². The molecule has 0 aliphatic heterocycles. The standard InChI is InChI=1S/C16H18N2O2/c1-11-6-7-15(8-12(11)2)20-10-13-4-3-5-14(9-13)16(17)18-19/h3-9,19H,10H2,1-2H3,(H2,17,18). The molecule has 2 aromatic rings. The van der Waals surface area contributed by atoms with Gasteiger partial charge < -0.3 is 15.7 Å². The fourth-order valence-electron chi connectivity index (χ4n) is 1.85. The first-order chi connectivity index (χ1) is 9.60. The van der Waals surface area contributed by atoms with Gasteiger partial charge >= 0.3 is 0 Å². The first-order valence-corrected chi connectivity index (χ1v) is 6.37. The Morgan fingerprint density at radius 3 is 2.65 bits per heavy atom. The molecule has 2 rings (SSSR count). The minimum Gasteiger partial charge on any atom is -0.489 e. The molecule has 0 aliphatic rings. The number of oxime groups is 1. The molecule has 0 amide bonds. The van der Waals surface area contributed by atoms with Crippen molar-refractivity contribution < 1.29 is 9.94 Å². The van der Waals surface area contributed by atoms with Gasteiger partial charge in [-0.25, -0.2) is 0 Å². The second-order valence-corrected chi connectivity index (χ2v) is 4.72. The first-order valence-electron chi connectivity index (χ1n) is 6.37. The Hall–Kier alpha value is -2.49. The summed E-state index contributed by atoms with van der Waals surface area (Å²) in [6.07, 6.45) is 0. The third-order valence-electron chi connectivity index (χ3n) is 3.21. The summed E-state index contributed by atoms with van der Waals surface area (Å²) < 4.78 is 5.75. The number of ether oxygens (including phenoxy) is 1. The average Bonchev–Trinajstić information content (AvgIpc) is 2.48. The van der Waals surface area contributed by atoms with Gasteiger partial charge in [-0.1, -0.05) is 29.4 Å². The van der Waals surface area contributed by atoms with E-state index in [0.717, 1.165) is 11.3 Å². The minimum atomic E-state index is 0.0954. The summed E-state index contributed by atoms with van der Waals surface area (Å²) in [5.74, 6) is 0.931.